The van der Waals surface area contributed by atoms with Gasteiger partial charge in [-0.2, -0.15) is 0 Å². The Balaban J connectivity index is 1.01. The van der Waals surface area contributed by atoms with Crippen LogP contribution in [0.15, 0.2) is 24.3 Å². The van der Waals surface area contributed by atoms with Gasteiger partial charge in [0.1, 0.15) is 171 Å². The second-order valence-corrected chi connectivity index (χ2v) is 22.5. The Hall–Kier alpha value is -2.87. The van der Waals surface area contributed by atoms with Crippen molar-refractivity contribution in [2.24, 2.45) is 0 Å². The van der Waals surface area contributed by atoms with Gasteiger partial charge in [-0.1, -0.05) is 12.1 Å². The van der Waals surface area contributed by atoms with E-state index in [1.165, 1.54) is 0 Å². The number of amides is 1. The number of carbonyl (C=O) groups excluding carboxylic acids is 1. The number of rotatable bonds is 11. The highest BCUT2D eigenvalue weighted by Crippen LogP contribution is 2.39. The zero-order valence-electron chi connectivity index (χ0n) is 46.5. The Kier molecular flexibility index (Phi) is 23.7. The number of benzene rings is 1. The molecule has 37 nitrogen and oxygen atoms in total. The highest BCUT2D eigenvalue weighted by atomic mass is 16.8. The molecule has 0 spiro atoms. The standard InChI is InChI=1S/C51H80N2O35/c52-15-4-1-14(2-5-15)3-6-23(60)53-7-16-38-24(61)31(68)45(75-16)83-39-17(8-54)77-47(33(70)26(39)63)85-41-19(10-56)79-49(35(72)28(41)65)87-43-21(12-58)81-51(37(74)30(43)67)88-44-22(13-59)80-50(36(73)29(44)66)86-42-20(11-57)78-48(34(71)27(42)64)84-40-18(9-55)76-46(82-38)32(69)25(40)62/h1-2,4-5,16-22,24-51,54-59,61-74H,3,6-13,52H2,(H,53,60)/t16-,17-,18-,19-,20-,21-,22-,24-,25-,26-,27-,28-,29-,30-,31-,32-,33-,34-,35-,36-,37-,38-,39-,40-,41-,42-,43-,44-,45-,46-,47-,48-,49-,50-,51-/m1/s1. The van der Waals surface area contributed by atoms with Gasteiger partial charge in [-0.05, 0) is 24.1 Å². The first-order chi connectivity index (χ1) is 42.0. The highest BCUT2D eigenvalue weighted by Gasteiger charge is 2.59. The minimum atomic E-state index is -2.25. The molecule has 35 atom stereocenters. The SMILES string of the molecule is Nc1ccc(CCC(=O)NC[C@H]2O[C@@H]3O[C@H]4[C@H](O)[C@@H](O)[C@@H](O[C@H]5[C@H](O)[C@@H](O)[C@@H](O[C@H]6[C@H](O)[C@@H](O)[C@@H](O[C@H]7[C@H](O)[C@@H](O)[C@@H](O[C@H]8[C@H](O)[C@@H](O)[C@@H](O[C@H]9[C@H](O)[C@@H](O)[C@@H](O[C@H]2[C@H](O)[C@H]3O)O[C@@H]9CO)O[C@@H]8CO)O[C@@H]7CO)O[C@@H]6CO)O[C@@H]5CO)O[C@@H]4CO)cc1. The fourth-order valence-corrected chi connectivity index (χ4v) is 11.7. The minimum Gasteiger partial charge on any atom is -0.399 e. The normalized spacial score (nSPS) is 49.8. The van der Waals surface area contributed by atoms with E-state index in [1.54, 1.807) is 24.3 Å². The second kappa shape index (κ2) is 30.0. The Morgan fingerprint density at radius 3 is 0.739 bits per heavy atom. The number of anilines is 1. The summed E-state index contributed by atoms with van der Waals surface area (Å²) in [5.41, 5.74) is 6.98. The van der Waals surface area contributed by atoms with E-state index in [0.29, 0.717) is 5.69 Å². The van der Waals surface area contributed by atoms with E-state index in [4.69, 9.17) is 72.0 Å². The van der Waals surface area contributed by atoms with Gasteiger partial charge < -0.3 is 179 Å². The predicted octanol–water partition coefficient (Wildman–Crippen LogP) is -13.9. The van der Waals surface area contributed by atoms with Gasteiger partial charge in [-0.25, -0.2) is 0 Å². The second-order valence-electron chi connectivity index (χ2n) is 22.5. The lowest BCUT2D eigenvalue weighted by Crippen LogP contribution is -2.68. The molecule has 0 saturated carbocycles. The van der Waals surface area contributed by atoms with Crippen molar-refractivity contribution < 1.29 is 173 Å². The van der Waals surface area contributed by atoms with Crippen LogP contribution >= 0.6 is 0 Å². The molecule has 21 aliphatic heterocycles. The number of aliphatic hydroxyl groups is 20. The van der Waals surface area contributed by atoms with Crippen LogP contribution in [0.5, 0.6) is 0 Å². The predicted molar refractivity (Wildman–Crippen MR) is 274 cm³/mol. The quantitative estimate of drug-likeness (QED) is 0.0915. The third-order valence-electron chi connectivity index (χ3n) is 16.7. The lowest BCUT2D eigenvalue weighted by Gasteiger charge is -2.50. The van der Waals surface area contributed by atoms with Crippen LogP contribution < -0.4 is 11.1 Å². The molecule has 21 aliphatic rings. The smallest absolute Gasteiger partial charge is 0.220 e. The van der Waals surface area contributed by atoms with Gasteiger partial charge in [0, 0.05) is 18.7 Å². The summed E-state index contributed by atoms with van der Waals surface area (Å²) in [6, 6.07) is 6.62. The molecule has 22 rings (SSSR count). The van der Waals surface area contributed by atoms with Crippen LogP contribution in [0.2, 0.25) is 0 Å². The van der Waals surface area contributed by atoms with Crippen molar-refractivity contribution >= 4 is 11.6 Å². The maximum Gasteiger partial charge on any atom is 0.220 e. The zero-order chi connectivity index (χ0) is 63.7. The van der Waals surface area contributed by atoms with Crippen molar-refractivity contribution in [1.82, 2.24) is 5.32 Å². The maximum atomic E-state index is 13.3. The largest absolute Gasteiger partial charge is 0.399 e. The molecule has 1 aromatic rings. The molecule has 0 aromatic heterocycles. The fourth-order valence-electron chi connectivity index (χ4n) is 11.7. The van der Waals surface area contributed by atoms with Gasteiger partial charge in [0.25, 0.3) is 0 Å². The Labute approximate surface area is 498 Å². The first-order valence-electron chi connectivity index (χ1n) is 28.4. The highest BCUT2D eigenvalue weighted by molar-refractivity contribution is 5.76. The summed E-state index contributed by atoms with van der Waals surface area (Å²) in [5.74, 6) is -0.605. The number of nitrogens with one attached hydrogen (secondary N) is 1. The van der Waals surface area contributed by atoms with E-state index < -0.39 is 267 Å². The average molecular weight is 1280 g/mol. The molecular formula is C51H80N2O35. The van der Waals surface area contributed by atoms with Crippen molar-refractivity contribution in [2.75, 3.05) is 51.9 Å². The molecule has 1 amide bonds. The number of aliphatic hydroxyl groups excluding tert-OH is 20. The molecule has 37 heteroatoms. The summed E-state index contributed by atoms with van der Waals surface area (Å²) in [4.78, 5) is 13.3. The van der Waals surface area contributed by atoms with Crippen LogP contribution in [0.4, 0.5) is 5.69 Å². The Morgan fingerprint density at radius 2 is 0.523 bits per heavy atom. The molecule has 504 valence electrons. The van der Waals surface area contributed by atoms with Crippen molar-refractivity contribution in [3.8, 4) is 0 Å². The number of nitrogens with two attached hydrogens (primary N) is 1. The van der Waals surface area contributed by atoms with Crippen molar-refractivity contribution in [3.05, 3.63) is 29.8 Å². The summed E-state index contributed by atoms with van der Waals surface area (Å²) in [6.07, 6.45) is -71.0. The monoisotopic (exact) mass is 1280 g/mol. The number of aryl methyl sites for hydroxylation is 1. The van der Waals surface area contributed by atoms with Crippen molar-refractivity contribution in [3.63, 3.8) is 0 Å². The van der Waals surface area contributed by atoms with E-state index in [2.05, 4.69) is 5.32 Å². The molecule has 21 saturated heterocycles. The van der Waals surface area contributed by atoms with E-state index in [9.17, 15) is 107 Å². The minimum absolute atomic E-state index is 0.131. The lowest BCUT2D eigenvalue weighted by molar-refractivity contribution is -0.396. The van der Waals surface area contributed by atoms with Gasteiger partial charge in [0.2, 0.25) is 5.91 Å². The summed E-state index contributed by atoms with van der Waals surface area (Å²) in [7, 11) is 0. The number of carbonyl (C=O) groups is 1. The molecule has 14 bridgehead atoms. The molecule has 21 fully saturated rings. The molecule has 21 heterocycles. The van der Waals surface area contributed by atoms with E-state index in [1.807, 2.05) is 0 Å². The summed E-state index contributed by atoms with van der Waals surface area (Å²) in [6.45, 7) is -6.98. The van der Waals surface area contributed by atoms with Gasteiger partial charge in [-0.15, -0.1) is 0 Å². The Morgan fingerprint density at radius 1 is 0.318 bits per heavy atom. The fraction of sp³-hybridized carbons (Fsp3) is 0.863. The van der Waals surface area contributed by atoms with Crippen molar-refractivity contribution in [1.29, 1.82) is 0 Å². The molecule has 23 N–H and O–H groups in total. The number of hydrogen-bond donors (Lipinski definition) is 22. The molecule has 88 heavy (non-hydrogen) atoms. The van der Waals surface area contributed by atoms with Crippen molar-refractivity contribution in [2.45, 2.75) is 228 Å². The third-order valence-corrected chi connectivity index (χ3v) is 16.7. The summed E-state index contributed by atoms with van der Waals surface area (Å²) < 4.78 is 81.1. The number of ether oxygens (including phenoxy) is 14. The van der Waals surface area contributed by atoms with Crippen LogP contribution in [0, 0.1) is 0 Å². The topological polar surface area (TPSA) is 589 Å². The van der Waals surface area contributed by atoms with E-state index in [-0.39, 0.29) is 12.8 Å². The maximum absolute atomic E-state index is 13.3. The molecular weight excluding hydrogens is 1200 g/mol. The van der Waals surface area contributed by atoms with Gasteiger partial charge in [0.05, 0.1) is 39.6 Å². The zero-order valence-corrected chi connectivity index (χ0v) is 46.5. The molecule has 0 aliphatic carbocycles. The first kappa shape index (κ1) is 69.5. The van der Waals surface area contributed by atoms with Crippen LogP contribution in [0.3, 0.4) is 0 Å². The van der Waals surface area contributed by atoms with Crippen LogP contribution in [-0.4, -0.2) is 369 Å². The third kappa shape index (κ3) is 14.4. The van der Waals surface area contributed by atoms with Gasteiger partial charge >= 0.3 is 0 Å². The van der Waals surface area contributed by atoms with Gasteiger partial charge in [0.15, 0.2) is 44.0 Å². The average Bonchev–Trinajstić information content (AvgIpc) is 2.49. The van der Waals surface area contributed by atoms with Crippen LogP contribution in [0.25, 0.3) is 0 Å². The first-order valence-corrected chi connectivity index (χ1v) is 28.4. The van der Waals surface area contributed by atoms with E-state index >= 15 is 0 Å². The molecule has 0 unspecified atom stereocenters. The molecule has 1 aromatic carbocycles. The van der Waals surface area contributed by atoms with Gasteiger partial charge in [-0.3, -0.25) is 4.79 Å². The lowest BCUT2D eigenvalue weighted by atomic mass is 9.95. The van der Waals surface area contributed by atoms with Crippen LogP contribution in [-0.2, 0) is 77.5 Å². The molecule has 0 radical (unpaired) electrons. The van der Waals surface area contributed by atoms with E-state index in [0.717, 1.165) is 5.56 Å². The Bertz CT molecular complexity index is 2330. The summed E-state index contributed by atoms with van der Waals surface area (Å²) >= 11 is 0. The number of nitrogen functional groups attached to an aromatic ring is 1. The summed E-state index contributed by atoms with van der Waals surface area (Å²) in [5, 5.41) is 226. The number of hydrogen-bond acceptors (Lipinski definition) is 36. The van der Waals surface area contributed by atoms with Crippen LogP contribution in [0.1, 0.15) is 12.0 Å².